The van der Waals surface area contributed by atoms with E-state index in [1.807, 2.05) is 26.8 Å². The fourth-order valence-corrected chi connectivity index (χ4v) is 2.98. The van der Waals surface area contributed by atoms with E-state index in [-0.39, 0.29) is 24.2 Å². The largest absolute Gasteiger partial charge is 0.493 e. The first-order valence-electron chi connectivity index (χ1n) is 8.91. The summed E-state index contributed by atoms with van der Waals surface area (Å²) in [6.07, 6.45) is 2.49. The van der Waals surface area contributed by atoms with Crippen LogP contribution in [0.1, 0.15) is 39.2 Å². The molecule has 1 fully saturated rings. The molecule has 0 aromatic heterocycles. The summed E-state index contributed by atoms with van der Waals surface area (Å²) >= 11 is 6.37. The summed E-state index contributed by atoms with van der Waals surface area (Å²) in [5.74, 6) is 0.800. The Kier molecular flexibility index (Phi) is 7.55. The molecule has 1 aliphatic heterocycles. The summed E-state index contributed by atoms with van der Waals surface area (Å²) < 4.78 is 16.6. The molecule has 6 nitrogen and oxygen atoms in total. The SMILES string of the molecule is COc1cc(CNCC2CCCO2)c(Cl)cc1OCC(=O)NC(C)(C)C. The Morgan fingerprint density at radius 3 is 2.73 bits per heavy atom. The second kappa shape index (κ2) is 9.44. The molecule has 0 aliphatic carbocycles. The van der Waals surface area contributed by atoms with Gasteiger partial charge in [0.25, 0.3) is 5.91 Å². The van der Waals surface area contributed by atoms with Crippen LogP contribution in [-0.4, -0.2) is 44.4 Å². The number of rotatable bonds is 8. The minimum absolute atomic E-state index is 0.0967. The van der Waals surface area contributed by atoms with Gasteiger partial charge in [-0.15, -0.1) is 0 Å². The molecule has 0 radical (unpaired) electrons. The van der Waals surface area contributed by atoms with E-state index in [0.29, 0.717) is 23.1 Å². The number of carbonyl (C=O) groups excluding carboxylic acids is 1. The zero-order valence-electron chi connectivity index (χ0n) is 16.0. The molecule has 7 heteroatoms. The van der Waals surface area contributed by atoms with E-state index >= 15 is 0 Å². The lowest BCUT2D eigenvalue weighted by Crippen LogP contribution is -2.43. The maximum atomic E-state index is 11.9. The first kappa shape index (κ1) is 20.8. The van der Waals surface area contributed by atoms with Crippen molar-refractivity contribution in [1.82, 2.24) is 10.6 Å². The van der Waals surface area contributed by atoms with Crippen LogP contribution in [0.25, 0.3) is 0 Å². The van der Waals surface area contributed by atoms with Crippen LogP contribution in [0.5, 0.6) is 11.5 Å². The van der Waals surface area contributed by atoms with Crippen LogP contribution in [0, 0.1) is 0 Å². The van der Waals surface area contributed by atoms with Crippen LogP contribution >= 0.6 is 11.6 Å². The van der Waals surface area contributed by atoms with Gasteiger partial charge in [0, 0.05) is 36.3 Å². The standard InChI is InChI=1S/C19H29ClN2O4/c1-19(2,3)22-18(23)12-26-17-9-15(20)13(8-16(17)24-4)10-21-11-14-6-5-7-25-14/h8-9,14,21H,5-7,10-12H2,1-4H3,(H,22,23). The Hall–Kier alpha value is -1.50. The highest BCUT2D eigenvalue weighted by molar-refractivity contribution is 6.31. The van der Waals surface area contributed by atoms with Crippen LogP contribution in [0.3, 0.4) is 0 Å². The van der Waals surface area contributed by atoms with Gasteiger partial charge in [-0.2, -0.15) is 0 Å². The monoisotopic (exact) mass is 384 g/mol. The molecule has 1 saturated heterocycles. The van der Waals surface area contributed by atoms with E-state index < -0.39 is 0 Å². The zero-order chi connectivity index (χ0) is 19.2. The van der Waals surface area contributed by atoms with Gasteiger partial charge in [0.15, 0.2) is 18.1 Å². The lowest BCUT2D eigenvalue weighted by molar-refractivity contribution is -0.124. The second-order valence-electron chi connectivity index (χ2n) is 7.45. The highest BCUT2D eigenvalue weighted by Gasteiger charge is 2.17. The number of amides is 1. The van der Waals surface area contributed by atoms with Gasteiger partial charge < -0.3 is 24.8 Å². The number of benzene rings is 1. The van der Waals surface area contributed by atoms with Crippen LogP contribution < -0.4 is 20.1 Å². The fraction of sp³-hybridized carbons (Fsp3) is 0.632. The van der Waals surface area contributed by atoms with Gasteiger partial charge in [0.1, 0.15) is 0 Å². The molecular formula is C19H29ClN2O4. The minimum atomic E-state index is -0.305. The zero-order valence-corrected chi connectivity index (χ0v) is 16.7. The average Bonchev–Trinajstić information content (AvgIpc) is 3.06. The molecular weight excluding hydrogens is 356 g/mol. The van der Waals surface area contributed by atoms with Crippen LogP contribution in [-0.2, 0) is 16.1 Å². The van der Waals surface area contributed by atoms with Gasteiger partial charge in [0.05, 0.1) is 13.2 Å². The number of methoxy groups -OCH3 is 1. The predicted octanol–water partition coefficient (Wildman–Crippen LogP) is 2.91. The molecule has 146 valence electrons. The summed E-state index contributed by atoms with van der Waals surface area (Å²) in [7, 11) is 1.56. The van der Waals surface area contributed by atoms with E-state index in [0.717, 1.165) is 31.6 Å². The highest BCUT2D eigenvalue weighted by Crippen LogP contribution is 2.33. The third kappa shape index (κ3) is 6.67. The average molecular weight is 385 g/mol. The smallest absolute Gasteiger partial charge is 0.258 e. The Labute approximate surface area is 160 Å². The Balaban J connectivity index is 1.93. The van der Waals surface area contributed by atoms with Gasteiger partial charge in [-0.1, -0.05) is 11.6 Å². The van der Waals surface area contributed by atoms with Gasteiger partial charge in [-0.25, -0.2) is 0 Å². The molecule has 0 saturated carbocycles. The summed E-state index contributed by atoms with van der Waals surface area (Å²) in [5, 5.41) is 6.78. The maximum absolute atomic E-state index is 11.9. The van der Waals surface area contributed by atoms with Crippen LogP contribution in [0.2, 0.25) is 5.02 Å². The van der Waals surface area contributed by atoms with Gasteiger partial charge in [0.2, 0.25) is 0 Å². The van der Waals surface area contributed by atoms with E-state index in [9.17, 15) is 4.79 Å². The van der Waals surface area contributed by atoms with Crippen molar-refractivity contribution >= 4 is 17.5 Å². The van der Waals surface area contributed by atoms with Crippen molar-refractivity contribution in [1.29, 1.82) is 0 Å². The number of hydrogen-bond acceptors (Lipinski definition) is 5. The molecule has 1 aromatic rings. The minimum Gasteiger partial charge on any atom is -0.493 e. The molecule has 0 spiro atoms. The third-order valence-electron chi connectivity index (χ3n) is 3.92. The third-order valence-corrected chi connectivity index (χ3v) is 4.27. The van der Waals surface area contributed by atoms with E-state index in [2.05, 4.69) is 10.6 Å². The maximum Gasteiger partial charge on any atom is 0.258 e. The molecule has 0 bridgehead atoms. The van der Waals surface area contributed by atoms with Crippen molar-refractivity contribution < 1.29 is 19.0 Å². The molecule has 1 aliphatic rings. The molecule has 1 unspecified atom stereocenters. The van der Waals surface area contributed by atoms with Crippen molar-refractivity contribution in [3.8, 4) is 11.5 Å². The Morgan fingerprint density at radius 2 is 2.12 bits per heavy atom. The van der Waals surface area contributed by atoms with Crippen molar-refractivity contribution in [2.24, 2.45) is 0 Å². The molecule has 1 atom stereocenters. The van der Waals surface area contributed by atoms with Crippen LogP contribution in [0.15, 0.2) is 12.1 Å². The normalized spacial score (nSPS) is 17.2. The summed E-state index contributed by atoms with van der Waals surface area (Å²) in [5.41, 5.74) is 0.605. The van der Waals surface area contributed by atoms with Crippen molar-refractivity contribution in [3.63, 3.8) is 0 Å². The number of ether oxygens (including phenoxy) is 3. The molecule has 26 heavy (non-hydrogen) atoms. The molecule has 2 rings (SSSR count). The van der Waals surface area contributed by atoms with Crippen molar-refractivity contribution in [3.05, 3.63) is 22.7 Å². The highest BCUT2D eigenvalue weighted by atomic mass is 35.5. The topological polar surface area (TPSA) is 68.8 Å². The van der Waals surface area contributed by atoms with Gasteiger partial charge in [-0.05, 0) is 45.2 Å². The summed E-state index contributed by atoms with van der Waals surface area (Å²) in [4.78, 5) is 11.9. The van der Waals surface area contributed by atoms with E-state index in [1.165, 1.54) is 0 Å². The van der Waals surface area contributed by atoms with Crippen molar-refractivity contribution in [2.75, 3.05) is 26.9 Å². The molecule has 1 heterocycles. The predicted molar refractivity (Wildman–Crippen MR) is 102 cm³/mol. The number of carbonyl (C=O) groups is 1. The fourth-order valence-electron chi connectivity index (χ4n) is 2.76. The van der Waals surface area contributed by atoms with E-state index in [1.54, 1.807) is 13.2 Å². The van der Waals surface area contributed by atoms with Crippen molar-refractivity contribution in [2.45, 2.75) is 51.8 Å². The van der Waals surface area contributed by atoms with Gasteiger partial charge in [-0.3, -0.25) is 4.79 Å². The first-order chi connectivity index (χ1) is 12.3. The lowest BCUT2D eigenvalue weighted by Gasteiger charge is -2.21. The molecule has 2 N–H and O–H groups in total. The summed E-state index contributed by atoms with van der Waals surface area (Å²) in [6.45, 7) is 7.91. The summed E-state index contributed by atoms with van der Waals surface area (Å²) in [6, 6.07) is 3.52. The number of nitrogens with one attached hydrogen (secondary N) is 2. The number of halogens is 1. The number of hydrogen-bond donors (Lipinski definition) is 2. The first-order valence-corrected chi connectivity index (χ1v) is 9.29. The Morgan fingerprint density at radius 1 is 1.35 bits per heavy atom. The van der Waals surface area contributed by atoms with Crippen LogP contribution in [0.4, 0.5) is 0 Å². The lowest BCUT2D eigenvalue weighted by atomic mass is 10.1. The molecule has 1 amide bonds. The Bertz CT molecular complexity index is 610. The quantitative estimate of drug-likeness (QED) is 0.721. The van der Waals surface area contributed by atoms with E-state index in [4.69, 9.17) is 25.8 Å². The molecule has 1 aromatic carbocycles. The van der Waals surface area contributed by atoms with Gasteiger partial charge >= 0.3 is 0 Å². The second-order valence-corrected chi connectivity index (χ2v) is 7.85.